The third kappa shape index (κ3) is 3.53. The normalized spacial score (nSPS) is 12.3. The van der Waals surface area contributed by atoms with Crippen LogP contribution in [0.4, 0.5) is 0 Å². The van der Waals surface area contributed by atoms with Crippen LogP contribution in [0.25, 0.3) is 0 Å². The number of halogens is 1. The van der Waals surface area contributed by atoms with E-state index in [4.69, 9.17) is 0 Å². The minimum Gasteiger partial charge on any atom is -0.481 e. The highest BCUT2D eigenvalue weighted by Crippen LogP contribution is 2.28. The Morgan fingerprint density at radius 1 is 1.38 bits per heavy atom. The highest BCUT2D eigenvalue weighted by Gasteiger charge is 2.24. The van der Waals surface area contributed by atoms with E-state index in [1.165, 1.54) is 0 Å². The second kappa shape index (κ2) is 6.89. The molecule has 0 aliphatic heterocycles. The Morgan fingerprint density at radius 2 is 2.10 bits per heavy atom. The Balaban J connectivity index is 2.35. The minimum atomic E-state index is -0.816. The first-order valence-corrected chi connectivity index (χ1v) is 7.88. The van der Waals surface area contributed by atoms with E-state index < -0.39 is 11.9 Å². The number of aliphatic carboxylic acids is 1. The number of rotatable bonds is 6. The van der Waals surface area contributed by atoms with E-state index in [1.807, 2.05) is 41.9 Å². The van der Waals surface area contributed by atoms with Crippen LogP contribution in [0.1, 0.15) is 36.7 Å². The fourth-order valence-electron chi connectivity index (χ4n) is 2.42. The lowest BCUT2D eigenvalue weighted by molar-refractivity contribution is -0.138. The number of aromatic nitrogens is 2. The Hall–Kier alpha value is -1.62. The lowest BCUT2D eigenvalue weighted by Gasteiger charge is -2.15. The maximum Gasteiger partial charge on any atom is 0.311 e. The van der Waals surface area contributed by atoms with Gasteiger partial charge in [-0.3, -0.25) is 9.48 Å². The number of nitrogens with zero attached hydrogens (tertiary/aromatic N) is 2. The molecule has 0 radical (unpaired) electrons. The Morgan fingerprint density at radius 3 is 2.67 bits per heavy atom. The van der Waals surface area contributed by atoms with E-state index in [1.54, 1.807) is 0 Å². The van der Waals surface area contributed by atoms with Crippen LogP contribution in [0, 0.1) is 0 Å². The van der Waals surface area contributed by atoms with Crippen molar-refractivity contribution in [2.24, 2.45) is 0 Å². The van der Waals surface area contributed by atoms with Crippen molar-refractivity contribution in [2.75, 3.05) is 0 Å². The lowest BCUT2D eigenvalue weighted by atomic mass is 9.94. The molecule has 0 saturated carbocycles. The van der Waals surface area contributed by atoms with Crippen molar-refractivity contribution in [3.8, 4) is 0 Å². The first kappa shape index (κ1) is 15.8. The Bertz CT molecular complexity index is 637. The topological polar surface area (TPSA) is 55.1 Å². The summed E-state index contributed by atoms with van der Waals surface area (Å²) in [5.41, 5.74) is 2.77. The van der Waals surface area contributed by atoms with Gasteiger partial charge in [0.05, 0.1) is 11.6 Å². The zero-order chi connectivity index (χ0) is 15.4. The molecule has 21 heavy (non-hydrogen) atoms. The van der Waals surface area contributed by atoms with Gasteiger partial charge in [0.1, 0.15) is 0 Å². The molecule has 1 N–H and O–H groups in total. The molecule has 0 spiro atoms. The van der Waals surface area contributed by atoms with Crippen LogP contribution in [0.5, 0.6) is 0 Å². The van der Waals surface area contributed by atoms with Crippen LogP contribution in [0.15, 0.2) is 34.8 Å². The van der Waals surface area contributed by atoms with E-state index in [9.17, 15) is 9.90 Å². The predicted molar refractivity (Wildman–Crippen MR) is 85.5 cm³/mol. The number of aryl methyl sites for hydroxylation is 2. The molecule has 0 aliphatic rings. The second-order valence-electron chi connectivity index (χ2n) is 4.91. The molecule has 0 fully saturated rings. The molecule has 1 unspecified atom stereocenters. The first-order chi connectivity index (χ1) is 10.1. The van der Waals surface area contributed by atoms with Gasteiger partial charge in [0.2, 0.25) is 0 Å². The highest BCUT2D eigenvalue weighted by atomic mass is 79.9. The van der Waals surface area contributed by atoms with Gasteiger partial charge in [-0.15, -0.1) is 0 Å². The van der Waals surface area contributed by atoms with Crippen molar-refractivity contribution < 1.29 is 9.90 Å². The molecule has 1 aromatic heterocycles. The van der Waals surface area contributed by atoms with Gasteiger partial charge in [0.15, 0.2) is 0 Å². The summed E-state index contributed by atoms with van der Waals surface area (Å²) in [7, 11) is 0. The average Bonchev–Trinajstić information content (AvgIpc) is 2.87. The van der Waals surface area contributed by atoms with E-state index >= 15 is 0 Å². The fraction of sp³-hybridized carbons (Fsp3) is 0.375. The van der Waals surface area contributed by atoms with Crippen LogP contribution < -0.4 is 0 Å². The molecule has 1 heterocycles. The molecule has 1 atom stereocenters. The van der Waals surface area contributed by atoms with Gasteiger partial charge in [0.25, 0.3) is 0 Å². The number of carboxylic acids is 1. The van der Waals surface area contributed by atoms with Gasteiger partial charge in [0, 0.05) is 23.1 Å². The largest absolute Gasteiger partial charge is 0.481 e. The standard InChI is InChI=1S/C16H19BrN2O2/c1-3-11-9-12(19(4-2)18-11)10-14(16(20)21)13-7-5-6-8-15(13)17/h5-9,14H,3-4,10H2,1-2H3,(H,20,21). The number of carboxylic acid groups (broad SMARTS) is 1. The third-order valence-corrected chi connectivity index (χ3v) is 4.29. The van der Waals surface area contributed by atoms with Crippen molar-refractivity contribution >= 4 is 21.9 Å². The van der Waals surface area contributed by atoms with Crippen LogP contribution in [0.3, 0.4) is 0 Å². The summed E-state index contributed by atoms with van der Waals surface area (Å²) >= 11 is 3.45. The van der Waals surface area contributed by atoms with Crippen molar-refractivity contribution in [1.82, 2.24) is 9.78 Å². The monoisotopic (exact) mass is 350 g/mol. The zero-order valence-electron chi connectivity index (χ0n) is 12.2. The predicted octanol–water partition coefficient (Wildman–Crippen LogP) is 3.64. The second-order valence-corrected chi connectivity index (χ2v) is 5.77. The maximum atomic E-state index is 11.7. The summed E-state index contributed by atoms with van der Waals surface area (Å²) in [6, 6.07) is 9.50. The van der Waals surface area contributed by atoms with Crippen molar-refractivity contribution in [3.63, 3.8) is 0 Å². The zero-order valence-corrected chi connectivity index (χ0v) is 13.8. The van der Waals surface area contributed by atoms with Crippen molar-refractivity contribution in [1.29, 1.82) is 0 Å². The van der Waals surface area contributed by atoms with E-state index in [-0.39, 0.29) is 0 Å². The SMILES string of the molecule is CCc1cc(CC(C(=O)O)c2ccccc2Br)n(CC)n1. The molecular formula is C16H19BrN2O2. The third-order valence-electron chi connectivity index (χ3n) is 3.57. The molecule has 112 valence electrons. The van der Waals surface area contributed by atoms with Crippen molar-refractivity contribution in [3.05, 3.63) is 51.8 Å². The number of hydrogen-bond donors (Lipinski definition) is 1. The minimum absolute atomic E-state index is 0.443. The quantitative estimate of drug-likeness (QED) is 0.865. The van der Waals surface area contributed by atoms with E-state index in [0.717, 1.165) is 34.4 Å². The molecule has 1 aromatic carbocycles. The summed E-state index contributed by atoms with van der Waals surface area (Å²) in [5, 5.41) is 14.1. The first-order valence-electron chi connectivity index (χ1n) is 7.09. The van der Waals surface area contributed by atoms with Crippen molar-refractivity contribution in [2.45, 2.75) is 39.2 Å². The van der Waals surface area contributed by atoms with Crippen LogP contribution in [-0.4, -0.2) is 20.9 Å². The van der Waals surface area contributed by atoms with Gasteiger partial charge in [-0.1, -0.05) is 41.1 Å². The molecule has 0 bridgehead atoms. The van der Waals surface area contributed by atoms with E-state index in [0.29, 0.717) is 6.42 Å². The van der Waals surface area contributed by atoms with Gasteiger partial charge in [-0.2, -0.15) is 5.10 Å². The summed E-state index contributed by atoms with van der Waals surface area (Å²) in [6.45, 7) is 4.82. The molecule has 0 amide bonds. The molecule has 0 saturated heterocycles. The van der Waals surface area contributed by atoms with Gasteiger partial charge < -0.3 is 5.11 Å². The summed E-state index contributed by atoms with van der Waals surface area (Å²) in [6.07, 6.45) is 1.30. The maximum absolute atomic E-state index is 11.7. The van der Waals surface area contributed by atoms with Crippen LogP contribution in [0.2, 0.25) is 0 Å². The smallest absolute Gasteiger partial charge is 0.311 e. The fourth-order valence-corrected chi connectivity index (χ4v) is 2.98. The lowest BCUT2D eigenvalue weighted by Crippen LogP contribution is -2.17. The summed E-state index contributed by atoms with van der Waals surface area (Å²) in [4.78, 5) is 11.7. The molecule has 4 nitrogen and oxygen atoms in total. The van der Waals surface area contributed by atoms with Gasteiger partial charge in [-0.05, 0) is 31.0 Å². The van der Waals surface area contributed by atoms with Crippen LogP contribution in [-0.2, 0) is 24.2 Å². The number of hydrogen-bond acceptors (Lipinski definition) is 2. The Labute approximate surface area is 132 Å². The highest BCUT2D eigenvalue weighted by molar-refractivity contribution is 9.10. The molecular weight excluding hydrogens is 332 g/mol. The van der Waals surface area contributed by atoms with Gasteiger partial charge >= 0.3 is 5.97 Å². The molecule has 2 rings (SSSR count). The number of benzene rings is 1. The molecule has 5 heteroatoms. The van der Waals surface area contributed by atoms with E-state index in [2.05, 4.69) is 28.0 Å². The molecule has 0 aliphatic carbocycles. The van der Waals surface area contributed by atoms with Crippen LogP contribution >= 0.6 is 15.9 Å². The Kier molecular flexibility index (Phi) is 5.17. The van der Waals surface area contributed by atoms with Gasteiger partial charge in [-0.25, -0.2) is 0 Å². The molecule has 2 aromatic rings. The number of carbonyl (C=O) groups is 1. The summed E-state index contributed by atoms with van der Waals surface area (Å²) < 4.78 is 2.72. The average molecular weight is 351 g/mol. The summed E-state index contributed by atoms with van der Waals surface area (Å²) in [5.74, 6) is -1.39.